The molecule has 3 rings (SSSR count). The van der Waals surface area contributed by atoms with Crippen molar-refractivity contribution < 1.29 is 42.2 Å². The molecule has 3 aliphatic rings. The summed E-state index contributed by atoms with van der Waals surface area (Å²) in [6.45, 7) is 9.85. The summed E-state index contributed by atoms with van der Waals surface area (Å²) in [4.78, 5) is 10.5. The number of rotatable bonds is 19. The summed E-state index contributed by atoms with van der Waals surface area (Å²) in [7, 11) is -4.34. The van der Waals surface area contributed by atoms with Crippen LogP contribution in [0.4, 0.5) is 0 Å². The number of phosphoric acid groups is 1. The van der Waals surface area contributed by atoms with Gasteiger partial charge in [-0.05, 0) is 34.1 Å². The molecule has 3 heterocycles. The van der Waals surface area contributed by atoms with Crippen molar-refractivity contribution in [2.24, 2.45) is 0 Å². The minimum absolute atomic E-state index is 0.164. The molecule has 0 aromatic rings. The number of hydrogen-bond donors (Lipinski definition) is 1. The monoisotopic (exact) mass is 564 g/mol. The summed E-state index contributed by atoms with van der Waals surface area (Å²) in [5.74, 6) is -1.66. The topological polar surface area (TPSA) is 102 Å². The van der Waals surface area contributed by atoms with Crippen LogP contribution in [0, 0.1) is 0 Å². The van der Waals surface area contributed by atoms with Gasteiger partial charge in [0.25, 0.3) is 0 Å². The molecule has 0 amide bonds. The molecule has 3 aliphatic heterocycles. The van der Waals surface area contributed by atoms with Crippen molar-refractivity contribution in [1.29, 1.82) is 0 Å². The van der Waals surface area contributed by atoms with Crippen molar-refractivity contribution in [3.8, 4) is 0 Å². The van der Waals surface area contributed by atoms with Crippen LogP contribution in [-0.4, -0.2) is 60.4 Å². The summed E-state index contributed by atoms with van der Waals surface area (Å²) >= 11 is 0. The van der Waals surface area contributed by atoms with E-state index in [1.54, 1.807) is 13.8 Å². The maximum Gasteiger partial charge on any atom is 0.472 e. The van der Waals surface area contributed by atoms with Gasteiger partial charge >= 0.3 is 7.82 Å². The van der Waals surface area contributed by atoms with Gasteiger partial charge in [0.05, 0.1) is 13.2 Å². The van der Waals surface area contributed by atoms with E-state index in [0.29, 0.717) is 6.42 Å². The Hall–Kier alpha value is -0.0900. The van der Waals surface area contributed by atoms with Crippen LogP contribution in [0.3, 0.4) is 0 Å². The highest BCUT2D eigenvalue weighted by Gasteiger charge is 2.60. The molecule has 0 aliphatic carbocycles. The molecule has 3 fully saturated rings. The van der Waals surface area contributed by atoms with Gasteiger partial charge < -0.3 is 28.6 Å². The van der Waals surface area contributed by atoms with E-state index in [-0.39, 0.29) is 13.2 Å². The standard InChI is InChI=1S/C28H53O9P/c1-6-7-8-9-10-11-12-13-14-15-16-17-18-19-20-32-38(29,30)37-24-23(22-21-31-27(2,3)34-22)33-26-25(24)35-28(4,5)36-26/h22-26H,6-21H2,1-5H3,(H,29,30)/t22-,23-,24+,25-,26-/m1/s1. The van der Waals surface area contributed by atoms with Crippen LogP contribution in [0.5, 0.6) is 0 Å². The largest absolute Gasteiger partial charge is 0.472 e. The molecule has 224 valence electrons. The van der Waals surface area contributed by atoms with Gasteiger partial charge in [-0.1, -0.05) is 90.4 Å². The Kier molecular flexibility index (Phi) is 13.0. The van der Waals surface area contributed by atoms with Crippen LogP contribution >= 0.6 is 7.82 Å². The fourth-order valence-corrected chi connectivity index (χ4v) is 6.43. The van der Waals surface area contributed by atoms with Gasteiger partial charge in [-0.2, -0.15) is 0 Å². The van der Waals surface area contributed by atoms with Gasteiger partial charge in [0.1, 0.15) is 24.4 Å². The number of unbranched alkanes of at least 4 members (excludes halogenated alkanes) is 13. The number of phosphoric ester groups is 1. The van der Waals surface area contributed by atoms with Gasteiger partial charge in [0, 0.05) is 0 Å². The van der Waals surface area contributed by atoms with E-state index < -0.39 is 50.1 Å². The molecule has 0 spiro atoms. The van der Waals surface area contributed by atoms with Crippen molar-refractivity contribution >= 4 is 7.82 Å². The van der Waals surface area contributed by atoms with Crippen molar-refractivity contribution in [3.63, 3.8) is 0 Å². The maximum absolute atomic E-state index is 12.8. The molecule has 0 radical (unpaired) electrons. The molecule has 1 N–H and O–H groups in total. The van der Waals surface area contributed by atoms with E-state index in [9.17, 15) is 9.46 Å². The Morgan fingerprint density at radius 3 is 1.84 bits per heavy atom. The summed E-state index contributed by atoms with van der Waals surface area (Å²) in [6, 6.07) is 0. The first kappa shape index (κ1) is 32.4. The highest BCUT2D eigenvalue weighted by Crippen LogP contribution is 2.51. The molecule has 0 saturated carbocycles. The molecule has 0 aromatic carbocycles. The smallest absolute Gasteiger partial charge is 0.348 e. The van der Waals surface area contributed by atoms with Crippen molar-refractivity contribution in [2.75, 3.05) is 13.2 Å². The van der Waals surface area contributed by atoms with Crippen LogP contribution in [0.2, 0.25) is 0 Å². The Bertz CT molecular complexity index is 731. The van der Waals surface area contributed by atoms with Crippen LogP contribution < -0.4 is 0 Å². The molecule has 6 atom stereocenters. The zero-order chi connectivity index (χ0) is 27.7. The van der Waals surface area contributed by atoms with E-state index in [1.165, 1.54) is 70.6 Å². The summed E-state index contributed by atoms with van der Waals surface area (Å²) in [5, 5.41) is 0. The minimum atomic E-state index is -4.34. The number of fused-ring (bicyclic) bond motifs is 1. The summed E-state index contributed by atoms with van der Waals surface area (Å²) < 4.78 is 53.2. The molecule has 0 bridgehead atoms. The van der Waals surface area contributed by atoms with E-state index in [0.717, 1.165) is 12.8 Å². The lowest BCUT2D eigenvalue weighted by Crippen LogP contribution is -2.43. The van der Waals surface area contributed by atoms with Crippen molar-refractivity contribution in [3.05, 3.63) is 0 Å². The van der Waals surface area contributed by atoms with Gasteiger partial charge in [-0.15, -0.1) is 0 Å². The second-order valence-corrected chi connectivity index (χ2v) is 13.3. The first-order chi connectivity index (χ1) is 18.0. The molecular formula is C28H53O9P. The predicted molar refractivity (Wildman–Crippen MR) is 145 cm³/mol. The second kappa shape index (κ2) is 15.2. The Balaban J connectivity index is 1.30. The van der Waals surface area contributed by atoms with E-state index in [1.807, 2.05) is 13.8 Å². The van der Waals surface area contributed by atoms with Crippen LogP contribution in [0.1, 0.15) is 125 Å². The fourth-order valence-electron chi connectivity index (χ4n) is 5.46. The highest BCUT2D eigenvalue weighted by molar-refractivity contribution is 7.47. The van der Waals surface area contributed by atoms with E-state index in [4.69, 9.17) is 32.7 Å². The third kappa shape index (κ3) is 10.7. The fraction of sp³-hybridized carbons (Fsp3) is 1.00. The molecular weight excluding hydrogens is 511 g/mol. The maximum atomic E-state index is 12.8. The number of ether oxygens (including phenoxy) is 5. The predicted octanol–water partition coefficient (Wildman–Crippen LogP) is 7.00. The Morgan fingerprint density at radius 2 is 1.32 bits per heavy atom. The minimum Gasteiger partial charge on any atom is -0.348 e. The van der Waals surface area contributed by atoms with Crippen LogP contribution in [-0.2, 0) is 37.3 Å². The first-order valence-corrected chi connectivity index (χ1v) is 16.5. The van der Waals surface area contributed by atoms with E-state index in [2.05, 4.69) is 6.92 Å². The van der Waals surface area contributed by atoms with E-state index >= 15 is 0 Å². The average molecular weight is 565 g/mol. The highest BCUT2D eigenvalue weighted by atomic mass is 31.2. The molecule has 0 aromatic heterocycles. The second-order valence-electron chi connectivity index (χ2n) is 11.9. The molecule has 38 heavy (non-hydrogen) atoms. The molecule has 10 heteroatoms. The zero-order valence-corrected chi connectivity index (χ0v) is 25.3. The van der Waals surface area contributed by atoms with Crippen LogP contribution in [0.25, 0.3) is 0 Å². The summed E-state index contributed by atoms with van der Waals surface area (Å²) in [5.41, 5.74) is 0. The van der Waals surface area contributed by atoms with Gasteiger partial charge in [0.2, 0.25) is 0 Å². The average Bonchev–Trinajstić information content (AvgIpc) is 3.45. The lowest BCUT2D eigenvalue weighted by Gasteiger charge is -2.29. The quantitative estimate of drug-likeness (QED) is 0.131. The SMILES string of the molecule is CCCCCCCCCCCCCCCCOP(=O)(O)O[C@@H]1[C@H]2OC(C)(C)O[C@H]2O[C@@H]1[C@H]1COC(C)(C)O1. The zero-order valence-electron chi connectivity index (χ0n) is 24.4. The van der Waals surface area contributed by atoms with Gasteiger partial charge in [0.15, 0.2) is 17.9 Å². The van der Waals surface area contributed by atoms with Crippen LogP contribution in [0.15, 0.2) is 0 Å². The van der Waals surface area contributed by atoms with Gasteiger partial charge in [-0.3, -0.25) is 9.05 Å². The summed E-state index contributed by atoms with van der Waals surface area (Å²) in [6.07, 6.45) is 14.0. The first-order valence-electron chi connectivity index (χ1n) is 15.0. The lowest BCUT2D eigenvalue weighted by atomic mass is 10.0. The normalized spacial score (nSPS) is 31.5. The molecule has 9 nitrogen and oxygen atoms in total. The third-order valence-corrected chi connectivity index (χ3v) is 8.45. The molecule has 3 saturated heterocycles. The Labute approximate surface area is 230 Å². The Morgan fingerprint density at radius 1 is 0.763 bits per heavy atom. The lowest BCUT2D eigenvalue weighted by molar-refractivity contribution is -0.231. The molecule has 1 unspecified atom stereocenters. The third-order valence-electron chi connectivity index (χ3n) is 7.43. The van der Waals surface area contributed by atoms with Crippen molar-refractivity contribution in [2.45, 2.75) is 167 Å². The number of hydrogen-bond acceptors (Lipinski definition) is 8. The van der Waals surface area contributed by atoms with Gasteiger partial charge in [-0.25, -0.2) is 4.57 Å². The van der Waals surface area contributed by atoms with Crippen molar-refractivity contribution in [1.82, 2.24) is 0 Å².